The molecule has 8 heteroatoms. The monoisotopic (exact) mass is 260 g/mol. The lowest BCUT2D eigenvalue weighted by Crippen LogP contribution is -1.96. The van der Waals surface area contributed by atoms with Crippen molar-refractivity contribution in [3.8, 4) is 0 Å². The Hall–Kier alpha value is -1.49. The van der Waals surface area contributed by atoms with Crippen molar-refractivity contribution in [3.05, 3.63) is 41.7 Å². The number of rotatable bonds is 2. The number of halogens is 2. The van der Waals surface area contributed by atoms with E-state index in [4.69, 9.17) is 28.7 Å². The van der Waals surface area contributed by atoms with E-state index in [0.29, 0.717) is 5.56 Å². The molecule has 0 aromatic heterocycles. The number of azide groups is 1. The predicted molar refractivity (Wildman–Crippen MR) is 61.4 cm³/mol. The number of hydrogen-bond acceptors (Lipinski definition) is 3. The molecule has 1 rings (SSSR count). The van der Waals surface area contributed by atoms with Gasteiger partial charge in [0.2, 0.25) is 0 Å². The average Bonchev–Trinajstić information content (AvgIpc) is 2.21. The van der Waals surface area contributed by atoms with E-state index in [1.807, 2.05) is 0 Å². The second-order valence-electron chi connectivity index (χ2n) is 3.02. The second-order valence-corrected chi connectivity index (χ2v) is 3.78. The Morgan fingerprint density at radius 3 is 2.31 bits per heavy atom. The first-order valence-electron chi connectivity index (χ1n) is 4.09. The normalized spacial score (nSPS) is 9.75. The number of nitrogens with zero attached hydrogens (tertiary/aromatic N) is 4. The fourth-order valence-electron chi connectivity index (χ4n) is 1.27. The minimum Gasteiger partial charge on any atom is -0.258 e. The maximum atomic E-state index is 10.8. The van der Waals surface area contributed by atoms with Gasteiger partial charge in [-0.25, -0.2) is 0 Å². The van der Waals surface area contributed by atoms with Crippen LogP contribution in [0, 0.1) is 24.0 Å². The number of benzene rings is 1. The average molecular weight is 261 g/mol. The molecule has 0 radical (unpaired) electrons. The highest BCUT2D eigenvalue weighted by Gasteiger charge is 2.24. The standard InChI is InChI=1S/C8H6Cl2N4O2/c1-3-6(10)8(14(15)16)4(2)5(9)7(3)12-13-11/h1-2H3. The molecule has 1 aromatic carbocycles. The molecule has 0 aliphatic carbocycles. The zero-order valence-corrected chi connectivity index (χ0v) is 9.87. The van der Waals surface area contributed by atoms with Crippen molar-refractivity contribution in [1.82, 2.24) is 0 Å². The molecular formula is C8H6Cl2N4O2. The lowest BCUT2D eigenvalue weighted by atomic mass is 10.1. The summed E-state index contributed by atoms with van der Waals surface area (Å²) in [4.78, 5) is 12.8. The fraction of sp³-hybridized carbons (Fsp3) is 0.250. The van der Waals surface area contributed by atoms with Crippen molar-refractivity contribution in [2.45, 2.75) is 13.8 Å². The van der Waals surface area contributed by atoms with Gasteiger partial charge in [0.1, 0.15) is 5.02 Å². The van der Waals surface area contributed by atoms with Gasteiger partial charge in [0.25, 0.3) is 5.69 Å². The van der Waals surface area contributed by atoms with Crippen molar-refractivity contribution < 1.29 is 4.92 Å². The smallest absolute Gasteiger partial charge is 0.258 e. The van der Waals surface area contributed by atoms with E-state index in [0.717, 1.165) is 0 Å². The Morgan fingerprint density at radius 2 is 1.88 bits per heavy atom. The maximum absolute atomic E-state index is 10.8. The van der Waals surface area contributed by atoms with Crippen LogP contribution in [0.15, 0.2) is 5.11 Å². The van der Waals surface area contributed by atoms with Crippen molar-refractivity contribution in [1.29, 1.82) is 0 Å². The number of nitro benzene ring substituents is 1. The lowest BCUT2D eigenvalue weighted by molar-refractivity contribution is -0.385. The highest BCUT2D eigenvalue weighted by molar-refractivity contribution is 6.38. The van der Waals surface area contributed by atoms with Crippen LogP contribution in [-0.4, -0.2) is 4.92 Å². The van der Waals surface area contributed by atoms with Crippen LogP contribution in [0.2, 0.25) is 10.0 Å². The predicted octanol–water partition coefficient (Wildman–Crippen LogP) is 4.46. The van der Waals surface area contributed by atoms with Gasteiger partial charge in [-0.15, -0.1) is 0 Å². The van der Waals surface area contributed by atoms with Crippen LogP contribution in [-0.2, 0) is 0 Å². The van der Waals surface area contributed by atoms with E-state index in [9.17, 15) is 10.1 Å². The summed E-state index contributed by atoms with van der Waals surface area (Å²) in [5.41, 5.74) is 8.69. The minimum absolute atomic E-state index is 0.0476. The van der Waals surface area contributed by atoms with Crippen LogP contribution >= 0.6 is 23.2 Å². The largest absolute Gasteiger partial charge is 0.292 e. The van der Waals surface area contributed by atoms with Gasteiger partial charge < -0.3 is 0 Å². The molecule has 0 unspecified atom stereocenters. The Morgan fingerprint density at radius 1 is 1.31 bits per heavy atom. The first-order chi connectivity index (χ1) is 7.41. The Balaban J connectivity index is 3.76. The summed E-state index contributed by atoms with van der Waals surface area (Å²) < 4.78 is 0. The third-order valence-electron chi connectivity index (χ3n) is 2.11. The van der Waals surface area contributed by atoms with Crippen molar-refractivity contribution in [2.24, 2.45) is 5.11 Å². The molecular weight excluding hydrogens is 255 g/mol. The fourth-order valence-corrected chi connectivity index (χ4v) is 1.84. The van der Waals surface area contributed by atoms with Gasteiger partial charge in [0.15, 0.2) is 0 Å². The van der Waals surface area contributed by atoms with E-state index >= 15 is 0 Å². The Labute approximate surface area is 101 Å². The summed E-state index contributed by atoms with van der Waals surface area (Å²) in [6.45, 7) is 2.95. The first-order valence-corrected chi connectivity index (χ1v) is 4.85. The molecule has 0 aliphatic heterocycles. The molecule has 0 spiro atoms. The summed E-state index contributed by atoms with van der Waals surface area (Å²) in [6.07, 6.45) is 0. The van der Waals surface area contributed by atoms with Gasteiger partial charge in [0, 0.05) is 10.5 Å². The summed E-state index contributed by atoms with van der Waals surface area (Å²) in [6, 6.07) is 0. The summed E-state index contributed by atoms with van der Waals surface area (Å²) in [7, 11) is 0. The van der Waals surface area contributed by atoms with Gasteiger partial charge in [-0.2, -0.15) is 0 Å². The van der Waals surface area contributed by atoms with Crippen molar-refractivity contribution in [3.63, 3.8) is 0 Å². The van der Waals surface area contributed by atoms with Crippen LogP contribution in [0.25, 0.3) is 10.4 Å². The van der Waals surface area contributed by atoms with Gasteiger partial charge >= 0.3 is 0 Å². The molecule has 0 N–H and O–H groups in total. The molecule has 6 nitrogen and oxygen atoms in total. The summed E-state index contributed by atoms with van der Waals surface area (Å²) in [5, 5.41) is 14.1. The van der Waals surface area contributed by atoms with E-state index in [1.54, 1.807) is 0 Å². The maximum Gasteiger partial charge on any atom is 0.292 e. The third kappa shape index (κ3) is 1.90. The highest BCUT2D eigenvalue weighted by Crippen LogP contribution is 2.43. The molecule has 0 aliphatic rings. The molecule has 16 heavy (non-hydrogen) atoms. The number of hydrogen-bond donors (Lipinski definition) is 0. The second kappa shape index (κ2) is 4.57. The van der Waals surface area contributed by atoms with E-state index in [-0.39, 0.29) is 27.0 Å². The Bertz CT molecular complexity index is 461. The lowest BCUT2D eigenvalue weighted by Gasteiger charge is -2.09. The Kier molecular flexibility index (Phi) is 3.59. The SMILES string of the molecule is Cc1c(Cl)c([N+](=O)[O-])c(C)c(Cl)c1N=[N+]=[N-]. The summed E-state index contributed by atoms with van der Waals surface area (Å²) >= 11 is 11.7. The quantitative estimate of drug-likeness (QED) is 0.258. The molecule has 0 bridgehead atoms. The van der Waals surface area contributed by atoms with Crippen molar-refractivity contribution >= 4 is 34.6 Å². The van der Waals surface area contributed by atoms with Crippen LogP contribution in [0.5, 0.6) is 0 Å². The first kappa shape index (κ1) is 12.6. The van der Waals surface area contributed by atoms with Crippen LogP contribution in [0.3, 0.4) is 0 Å². The third-order valence-corrected chi connectivity index (χ3v) is 3.04. The van der Waals surface area contributed by atoms with E-state index in [2.05, 4.69) is 10.0 Å². The zero-order chi connectivity index (χ0) is 12.5. The minimum atomic E-state index is -0.615. The summed E-state index contributed by atoms with van der Waals surface area (Å²) in [5.74, 6) is 0. The van der Waals surface area contributed by atoms with Gasteiger partial charge in [-0.1, -0.05) is 28.3 Å². The molecule has 0 saturated heterocycles. The van der Waals surface area contributed by atoms with Crippen molar-refractivity contribution in [2.75, 3.05) is 0 Å². The topological polar surface area (TPSA) is 91.9 Å². The molecule has 1 aromatic rings. The zero-order valence-electron chi connectivity index (χ0n) is 8.36. The molecule has 0 saturated carbocycles. The van der Waals surface area contributed by atoms with Gasteiger partial charge in [0.05, 0.1) is 15.6 Å². The molecule has 0 heterocycles. The highest BCUT2D eigenvalue weighted by atomic mass is 35.5. The molecule has 0 fully saturated rings. The van der Waals surface area contributed by atoms with E-state index in [1.165, 1.54) is 13.8 Å². The molecule has 0 atom stereocenters. The van der Waals surface area contributed by atoms with Crippen LogP contribution < -0.4 is 0 Å². The molecule has 84 valence electrons. The van der Waals surface area contributed by atoms with E-state index < -0.39 is 4.92 Å². The molecule has 0 amide bonds. The van der Waals surface area contributed by atoms with Crippen LogP contribution in [0.4, 0.5) is 11.4 Å². The van der Waals surface area contributed by atoms with Gasteiger partial charge in [-0.05, 0) is 24.9 Å². The number of nitro groups is 1. The van der Waals surface area contributed by atoms with Crippen LogP contribution in [0.1, 0.15) is 11.1 Å². The van der Waals surface area contributed by atoms with Gasteiger partial charge in [-0.3, -0.25) is 10.1 Å².